The molecule has 2 aromatic rings. The third-order valence-corrected chi connectivity index (χ3v) is 5.07. The first-order chi connectivity index (χ1) is 12.4. The predicted molar refractivity (Wildman–Crippen MR) is 117 cm³/mol. The fraction of sp³-hybridized carbons (Fsp3) is 0.435. The Morgan fingerprint density at radius 2 is 1.67 bits per heavy atom. The average molecular weight is 432 g/mol. The minimum Gasteiger partial charge on any atom is -0.483 e. The third-order valence-electron chi connectivity index (χ3n) is 4.41. The van der Waals surface area contributed by atoms with Crippen LogP contribution in [0.5, 0.6) is 5.75 Å². The first-order valence-electron chi connectivity index (χ1n) is 9.22. The van der Waals surface area contributed by atoms with Gasteiger partial charge >= 0.3 is 0 Å². The van der Waals surface area contributed by atoms with E-state index in [0.717, 1.165) is 27.0 Å². The second kappa shape index (κ2) is 8.05. The molecule has 27 heavy (non-hydrogen) atoms. The van der Waals surface area contributed by atoms with Crippen molar-refractivity contribution in [1.29, 1.82) is 0 Å². The number of nitrogens with one attached hydrogen (secondary N) is 1. The molecule has 4 heteroatoms. The molecule has 146 valence electrons. The van der Waals surface area contributed by atoms with Gasteiger partial charge < -0.3 is 10.1 Å². The van der Waals surface area contributed by atoms with Gasteiger partial charge in [0.1, 0.15) is 5.75 Å². The van der Waals surface area contributed by atoms with E-state index in [-0.39, 0.29) is 23.3 Å². The normalized spacial score (nSPS) is 12.0. The van der Waals surface area contributed by atoms with Crippen LogP contribution in [0, 0.1) is 6.92 Å². The van der Waals surface area contributed by atoms with E-state index in [4.69, 9.17) is 4.74 Å². The Bertz CT molecular complexity index is 829. The summed E-state index contributed by atoms with van der Waals surface area (Å²) in [6.45, 7) is 15.0. The molecule has 0 radical (unpaired) electrons. The number of benzene rings is 2. The van der Waals surface area contributed by atoms with Gasteiger partial charge in [0.25, 0.3) is 5.91 Å². The van der Waals surface area contributed by atoms with Crippen LogP contribution >= 0.6 is 15.9 Å². The second-order valence-corrected chi connectivity index (χ2v) is 9.89. The number of halogens is 1. The van der Waals surface area contributed by atoms with E-state index in [1.54, 1.807) is 0 Å². The maximum absolute atomic E-state index is 12.4. The molecular formula is C23H30BrNO2. The van der Waals surface area contributed by atoms with Crippen molar-refractivity contribution >= 4 is 27.5 Å². The summed E-state index contributed by atoms with van der Waals surface area (Å²) < 4.78 is 6.76. The molecule has 0 heterocycles. The summed E-state index contributed by atoms with van der Waals surface area (Å²) in [7, 11) is 0. The van der Waals surface area contributed by atoms with E-state index >= 15 is 0 Å². The van der Waals surface area contributed by atoms with Gasteiger partial charge in [-0.2, -0.15) is 0 Å². The Kier molecular flexibility index (Phi) is 6.41. The van der Waals surface area contributed by atoms with Crippen molar-refractivity contribution in [2.24, 2.45) is 0 Å². The molecule has 0 spiro atoms. The van der Waals surface area contributed by atoms with Crippen LogP contribution < -0.4 is 10.1 Å². The van der Waals surface area contributed by atoms with Crippen LogP contribution in [0.1, 0.15) is 58.2 Å². The zero-order valence-corrected chi connectivity index (χ0v) is 19.0. The standard InChI is InChI=1S/C23H30BrNO2/c1-15-8-10-19(18(24)12-15)25-21(26)14-27-20-11-9-16(22(2,3)4)13-17(20)23(5,6)7/h8-13H,14H2,1-7H3,(H,25,26). The molecular weight excluding hydrogens is 402 g/mol. The van der Waals surface area contributed by atoms with Crippen LogP contribution in [0.4, 0.5) is 5.69 Å². The van der Waals surface area contributed by atoms with Crippen molar-refractivity contribution in [2.45, 2.75) is 59.3 Å². The Morgan fingerprint density at radius 1 is 1.00 bits per heavy atom. The van der Waals surface area contributed by atoms with Gasteiger partial charge in [-0.15, -0.1) is 0 Å². The molecule has 0 fully saturated rings. The summed E-state index contributed by atoms with van der Waals surface area (Å²) in [5.74, 6) is 0.577. The topological polar surface area (TPSA) is 38.3 Å². The van der Waals surface area contributed by atoms with Crippen molar-refractivity contribution in [2.75, 3.05) is 11.9 Å². The van der Waals surface area contributed by atoms with Crippen LogP contribution in [0.3, 0.4) is 0 Å². The van der Waals surface area contributed by atoms with Crippen molar-refractivity contribution < 1.29 is 9.53 Å². The average Bonchev–Trinajstić information content (AvgIpc) is 2.53. The van der Waals surface area contributed by atoms with Gasteiger partial charge in [-0.3, -0.25) is 4.79 Å². The molecule has 0 unspecified atom stereocenters. The highest BCUT2D eigenvalue weighted by Gasteiger charge is 2.23. The highest BCUT2D eigenvalue weighted by atomic mass is 79.9. The third kappa shape index (κ3) is 5.83. The summed E-state index contributed by atoms with van der Waals surface area (Å²) in [5.41, 5.74) is 4.23. The van der Waals surface area contributed by atoms with Gasteiger partial charge in [-0.25, -0.2) is 0 Å². The predicted octanol–water partition coefficient (Wildman–Crippen LogP) is 6.37. The minimum atomic E-state index is -0.181. The Morgan fingerprint density at radius 3 is 2.22 bits per heavy atom. The Labute approximate surface area is 171 Å². The number of hydrogen-bond acceptors (Lipinski definition) is 2. The number of rotatable bonds is 4. The maximum atomic E-state index is 12.4. The summed E-state index contributed by atoms with van der Waals surface area (Å²) in [6.07, 6.45) is 0. The quantitative estimate of drug-likeness (QED) is 0.610. The van der Waals surface area contributed by atoms with Crippen molar-refractivity contribution in [3.05, 3.63) is 57.6 Å². The molecule has 0 aliphatic carbocycles. The molecule has 0 bridgehead atoms. The summed E-state index contributed by atoms with van der Waals surface area (Å²) in [6, 6.07) is 12.1. The summed E-state index contributed by atoms with van der Waals surface area (Å²) >= 11 is 3.48. The maximum Gasteiger partial charge on any atom is 0.262 e. The summed E-state index contributed by atoms with van der Waals surface area (Å²) in [5, 5.41) is 2.89. The van der Waals surface area contributed by atoms with Crippen LogP contribution in [-0.4, -0.2) is 12.5 Å². The first-order valence-corrected chi connectivity index (χ1v) is 10.0. The van der Waals surface area contributed by atoms with E-state index in [0.29, 0.717) is 0 Å². The number of amides is 1. The number of ether oxygens (including phenoxy) is 1. The van der Waals surface area contributed by atoms with Gasteiger partial charge in [0.15, 0.2) is 6.61 Å². The van der Waals surface area contributed by atoms with Crippen LogP contribution in [-0.2, 0) is 15.6 Å². The minimum absolute atomic E-state index is 0.0295. The molecule has 2 aromatic carbocycles. The van der Waals surface area contributed by atoms with Crippen LogP contribution in [0.15, 0.2) is 40.9 Å². The number of carbonyl (C=O) groups excluding carboxylic acids is 1. The van der Waals surface area contributed by atoms with Crippen LogP contribution in [0.25, 0.3) is 0 Å². The van der Waals surface area contributed by atoms with E-state index in [1.807, 2.05) is 31.2 Å². The molecule has 0 saturated heterocycles. The SMILES string of the molecule is Cc1ccc(NC(=O)COc2ccc(C(C)(C)C)cc2C(C)(C)C)c(Br)c1. The monoisotopic (exact) mass is 431 g/mol. The van der Waals surface area contributed by atoms with E-state index in [1.165, 1.54) is 5.56 Å². The highest BCUT2D eigenvalue weighted by molar-refractivity contribution is 9.10. The number of carbonyl (C=O) groups is 1. The lowest BCUT2D eigenvalue weighted by Gasteiger charge is -2.27. The van der Waals surface area contributed by atoms with Crippen molar-refractivity contribution in [3.8, 4) is 5.75 Å². The number of hydrogen-bond donors (Lipinski definition) is 1. The van der Waals surface area contributed by atoms with Gasteiger partial charge in [0, 0.05) is 4.47 Å². The lowest BCUT2D eigenvalue weighted by Crippen LogP contribution is -2.23. The van der Waals surface area contributed by atoms with Gasteiger partial charge in [0.2, 0.25) is 0 Å². The Hall–Kier alpha value is -1.81. The van der Waals surface area contributed by atoms with E-state index in [9.17, 15) is 4.79 Å². The van der Waals surface area contributed by atoms with E-state index in [2.05, 4.69) is 74.9 Å². The molecule has 0 aromatic heterocycles. The highest BCUT2D eigenvalue weighted by Crippen LogP contribution is 2.35. The fourth-order valence-electron chi connectivity index (χ4n) is 2.76. The lowest BCUT2D eigenvalue weighted by atomic mass is 9.80. The van der Waals surface area contributed by atoms with Gasteiger partial charge in [-0.05, 0) is 68.6 Å². The lowest BCUT2D eigenvalue weighted by molar-refractivity contribution is -0.118. The molecule has 2 rings (SSSR count). The molecule has 0 aliphatic rings. The molecule has 0 atom stereocenters. The molecule has 1 amide bonds. The number of anilines is 1. The molecule has 1 N–H and O–H groups in total. The van der Waals surface area contributed by atoms with E-state index < -0.39 is 0 Å². The zero-order chi connectivity index (χ0) is 20.4. The Balaban J connectivity index is 2.15. The molecule has 3 nitrogen and oxygen atoms in total. The largest absolute Gasteiger partial charge is 0.483 e. The second-order valence-electron chi connectivity index (χ2n) is 9.03. The van der Waals surface area contributed by atoms with Gasteiger partial charge in [0.05, 0.1) is 5.69 Å². The summed E-state index contributed by atoms with van der Waals surface area (Å²) in [4.78, 5) is 12.4. The van der Waals surface area contributed by atoms with Gasteiger partial charge in [-0.1, -0.05) is 59.7 Å². The van der Waals surface area contributed by atoms with Crippen molar-refractivity contribution in [1.82, 2.24) is 0 Å². The van der Waals surface area contributed by atoms with Crippen LogP contribution in [0.2, 0.25) is 0 Å². The fourth-order valence-corrected chi connectivity index (χ4v) is 3.35. The molecule has 0 saturated carbocycles. The first kappa shape index (κ1) is 21.5. The molecule has 0 aliphatic heterocycles. The zero-order valence-electron chi connectivity index (χ0n) is 17.4. The number of aryl methyl sites for hydroxylation is 1. The van der Waals surface area contributed by atoms with Crippen molar-refractivity contribution in [3.63, 3.8) is 0 Å². The smallest absolute Gasteiger partial charge is 0.262 e.